The van der Waals surface area contributed by atoms with Crippen molar-refractivity contribution < 1.29 is 4.42 Å². The Kier molecular flexibility index (Phi) is 3.96. The summed E-state index contributed by atoms with van der Waals surface area (Å²) in [6.45, 7) is 2.72. The molecule has 1 unspecified atom stereocenters. The molecule has 3 aromatic rings. The molecule has 1 aromatic carbocycles. The summed E-state index contributed by atoms with van der Waals surface area (Å²) in [4.78, 5) is 7.91. The number of nitrogens with zero attached hydrogens (tertiary/aromatic N) is 1. The van der Waals surface area contributed by atoms with Crippen LogP contribution in [0.2, 0.25) is 0 Å². The van der Waals surface area contributed by atoms with Crippen LogP contribution in [0.1, 0.15) is 24.6 Å². The first-order valence-electron chi connectivity index (χ1n) is 6.25. The fourth-order valence-electron chi connectivity index (χ4n) is 2.01. The van der Waals surface area contributed by atoms with Crippen molar-refractivity contribution >= 4 is 42.9 Å². The molecule has 2 aromatic heterocycles. The Hall–Kier alpha value is -1.11. The van der Waals surface area contributed by atoms with E-state index in [2.05, 4.69) is 54.1 Å². The highest BCUT2D eigenvalue weighted by molar-refractivity contribution is 9.13. The van der Waals surface area contributed by atoms with E-state index >= 15 is 0 Å². The summed E-state index contributed by atoms with van der Waals surface area (Å²) >= 11 is 6.74. The molecule has 20 heavy (non-hydrogen) atoms. The molecule has 3 rings (SSSR count). The highest BCUT2D eigenvalue weighted by Crippen LogP contribution is 2.27. The quantitative estimate of drug-likeness (QED) is 0.678. The van der Waals surface area contributed by atoms with Crippen molar-refractivity contribution in [1.82, 2.24) is 15.3 Å². The van der Waals surface area contributed by atoms with Gasteiger partial charge < -0.3 is 14.7 Å². The number of imidazole rings is 1. The van der Waals surface area contributed by atoms with E-state index < -0.39 is 0 Å². The van der Waals surface area contributed by atoms with Crippen molar-refractivity contribution in [3.05, 3.63) is 51.1 Å². The van der Waals surface area contributed by atoms with Gasteiger partial charge in [-0.2, -0.15) is 0 Å². The molecular formula is C14H13Br2N3O. The van der Waals surface area contributed by atoms with Gasteiger partial charge in [0.25, 0.3) is 0 Å². The van der Waals surface area contributed by atoms with Crippen molar-refractivity contribution in [2.45, 2.75) is 19.5 Å². The standard InChI is InChI=1S/C14H13Br2N3O/c1-8(17-7-9-6-10(15)13(16)20-9)14-18-11-4-2-3-5-12(11)19-14/h2-6,8,17H,7H2,1H3,(H,18,19). The van der Waals surface area contributed by atoms with Gasteiger partial charge in [0.15, 0.2) is 4.67 Å². The molecule has 6 heteroatoms. The molecule has 0 amide bonds. The monoisotopic (exact) mass is 397 g/mol. The second-order valence-corrected chi connectivity index (χ2v) is 6.15. The van der Waals surface area contributed by atoms with Crippen molar-refractivity contribution in [1.29, 1.82) is 0 Å². The molecule has 104 valence electrons. The first-order valence-corrected chi connectivity index (χ1v) is 7.84. The maximum atomic E-state index is 5.54. The first kappa shape index (κ1) is 13.9. The number of aromatic amines is 1. The Bertz CT molecular complexity index is 682. The second kappa shape index (κ2) is 5.71. The van der Waals surface area contributed by atoms with Crippen molar-refractivity contribution in [3.8, 4) is 0 Å². The zero-order chi connectivity index (χ0) is 14.1. The minimum atomic E-state index is 0.116. The Morgan fingerprint density at radius 1 is 1.35 bits per heavy atom. The molecule has 0 saturated carbocycles. The number of nitrogens with one attached hydrogen (secondary N) is 2. The second-order valence-electron chi connectivity index (χ2n) is 4.58. The summed E-state index contributed by atoms with van der Waals surface area (Å²) in [5, 5.41) is 3.39. The van der Waals surface area contributed by atoms with E-state index in [0.29, 0.717) is 11.2 Å². The molecule has 0 fully saturated rings. The number of furan rings is 1. The van der Waals surface area contributed by atoms with Crippen LogP contribution in [0.15, 0.2) is 43.9 Å². The SMILES string of the molecule is CC(NCc1cc(Br)c(Br)o1)c1nc2ccccc2[nH]1. The number of benzene rings is 1. The smallest absolute Gasteiger partial charge is 0.183 e. The summed E-state index contributed by atoms with van der Waals surface area (Å²) in [7, 11) is 0. The van der Waals surface area contributed by atoms with Crippen molar-refractivity contribution in [3.63, 3.8) is 0 Å². The number of hydrogen-bond acceptors (Lipinski definition) is 3. The summed E-state index contributed by atoms with van der Waals surface area (Å²) in [6.07, 6.45) is 0. The number of halogens is 2. The number of fused-ring (bicyclic) bond motifs is 1. The van der Waals surface area contributed by atoms with Crippen LogP contribution >= 0.6 is 31.9 Å². The van der Waals surface area contributed by atoms with Gasteiger partial charge in [-0.15, -0.1) is 0 Å². The molecule has 2 N–H and O–H groups in total. The summed E-state index contributed by atoms with van der Waals surface area (Å²) in [6, 6.07) is 10.1. The van der Waals surface area contributed by atoms with E-state index in [1.54, 1.807) is 0 Å². The Labute approximate surface area is 133 Å². The summed E-state index contributed by atoms with van der Waals surface area (Å²) in [5.41, 5.74) is 2.04. The molecule has 4 nitrogen and oxygen atoms in total. The number of aromatic nitrogens is 2. The van der Waals surface area contributed by atoms with Gasteiger partial charge in [0.1, 0.15) is 11.6 Å². The lowest BCUT2D eigenvalue weighted by Gasteiger charge is -2.09. The van der Waals surface area contributed by atoms with Crippen LogP contribution in [-0.4, -0.2) is 9.97 Å². The Morgan fingerprint density at radius 3 is 2.85 bits per heavy atom. The van der Waals surface area contributed by atoms with E-state index in [9.17, 15) is 0 Å². The topological polar surface area (TPSA) is 53.9 Å². The zero-order valence-corrected chi connectivity index (χ0v) is 14.0. The Morgan fingerprint density at radius 2 is 2.15 bits per heavy atom. The molecule has 0 aliphatic heterocycles. The van der Waals surface area contributed by atoms with Gasteiger partial charge in [-0.05, 0) is 57.0 Å². The number of H-pyrrole nitrogens is 1. The average Bonchev–Trinajstić information content (AvgIpc) is 3.00. The van der Waals surface area contributed by atoms with Crippen LogP contribution < -0.4 is 5.32 Å². The molecule has 0 aliphatic rings. The molecule has 2 heterocycles. The normalized spacial score (nSPS) is 12.9. The van der Waals surface area contributed by atoms with Gasteiger partial charge in [0, 0.05) is 0 Å². The number of hydrogen-bond donors (Lipinski definition) is 2. The van der Waals surface area contributed by atoms with Gasteiger partial charge in [-0.1, -0.05) is 12.1 Å². The van der Waals surface area contributed by atoms with Crippen LogP contribution in [0, 0.1) is 0 Å². The first-order chi connectivity index (χ1) is 9.63. The lowest BCUT2D eigenvalue weighted by atomic mass is 10.3. The third-order valence-corrected chi connectivity index (χ3v) is 4.81. The molecule has 0 saturated heterocycles. The minimum Gasteiger partial charge on any atom is -0.452 e. The van der Waals surface area contributed by atoms with Crippen LogP contribution in [0.3, 0.4) is 0 Å². The molecule has 0 aliphatic carbocycles. The molecule has 0 radical (unpaired) electrons. The van der Waals surface area contributed by atoms with Crippen LogP contribution in [0.5, 0.6) is 0 Å². The van der Waals surface area contributed by atoms with Gasteiger partial charge >= 0.3 is 0 Å². The minimum absolute atomic E-state index is 0.116. The van der Waals surface area contributed by atoms with Crippen LogP contribution in [0.4, 0.5) is 0 Å². The van der Waals surface area contributed by atoms with Gasteiger partial charge in [0.05, 0.1) is 28.1 Å². The fourth-order valence-corrected chi connectivity index (χ4v) is 2.67. The third kappa shape index (κ3) is 2.82. The van der Waals surface area contributed by atoms with E-state index in [1.807, 2.05) is 30.3 Å². The van der Waals surface area contributed by atoms with Crippen molar-refractivity contribution in [2.24, 2.45) is 0 Å². The maximum absolute atomic E-state index is 5.54. The summed E-state index contributed by atoms with van der Waals surface area (Å²) < 4.78 is 7.17. The largest absolute Gasteiger partial charge is 0.452 e. The summed E-state index contributed by atoms with van der Waals surface area (Å²) in [5.74, 6) is 1.79. The number of rotatable bonds is 4. The maximum Gasteiger partial charge on any atom is 0.183 e. The lowest BCUT2D eigenvalue weighted by Crippen LogP contribution is -2.18. The van der Waals surface area contributed by atoms with Crippen LogP contribution in [-0.2, 0) is 6.54 Å². The Balaban J connectivity index is 1.70. The van der Waals surface area contributed by atoms with E-state index in [-0.39, 0.29) is 6.04 Å². The van der Waals surface area contributed by atoms with Gasteiger partial charge in [0.2, 0.25) is 0 Å². The molecule has 1 atom stereocenters. The zero-order valence-electron chi connectivity index (χ0n) is 10.8. The van der Waals surface area contributed by atoms with E-state index in [0.717, 1.165) is 27.1 Å². The van der Waals surface area contributed by atoms with E-state index in [1.165, 1.54) is 0 Å². The lowest BCUT2D eigenvalue weighted by molar-refractivity contribution is 0.441. The van der Waals surface area contributed by atoms with E-state index in [4.69, 9.17) is 4.42 Å². The van der Waals surface area contributed by atoms with Crippen LogP contribution in [0.25, 0.3) is 11.0 Å². The third-order valence-electron chi connectivity index (χ3n) is 3.10. The van der Waals surface area contributed by atoms with Gasteiger partial charge in [-0.25, -0.2) is 4.98 Å². The molecule has 0 spiro atoms. The predicted octanol–water partition coefficient (Wildman–Crippen LogP) is 4.53. The molecule has 0 bridgehead atoms. The average molecular weight is 399 g/mol. The highest BCUT2D eigenvalue weighted by atomic mass is 79.9. The molecular weight excluding hydrogens is 386 g/mol. The highest BCUT2D eigenvalue weighted by Gasteiger charge is 2.12. The van der Waals surface area contributed by atoms with Crippen molar-refractivity contribution in [2.75, 3.05) is 0 Å². The fraction of sp³-hybridized carbons (Fsp3) is 0.214. The van der Waals surface area contributed by atoms with Gasteiger partial charge in [-0.3, -0.25) is 0 Å². The predicted molar refractivity (Wildman–Crippen MR) is 85.5 cm³/mol. The number of para-hydroxylation sites is 2.